The van der Waals surface area contributed by atoms with Gasteiger partial charge in [-0.05, 0) is 49.2 Å². The predicted molar refractivity (Wildman–Crippen MR) is 126 cm³/mol. The van der Waals surface area contributed by atoms with Crippen LogP contribution >= 0.6 is 0 Å². The summed E-state index contributed by atoms with van der Waals surface area (Å²) in [5.74, 6) is -0.169. The second-order valence-corrected chi connectivity index (χ2v) is 9.02. The van der Waals surface area contributed by atoms with Gasteiger partial charge in [0, 0.05) is 18.3 Å². The van der Waals surface area contributed by atoms with E-state index in [-0.39, 0.29) is 21.8 Å². The van der Waals surface area contributed by atoms with Crippen LogP contribution in [0.25, 0.3) is 0 Å². The van der Waals surface area contributed by atoms with Gasteiger partial charge in [0.05, 0.1) is 17.7 Å². The first kappa shape index (κ1) is 24.0. The fourth-order valence-corrected chi connectivity index (χ4v) is 4.47. The molecular formula is C23H26N4O5S. The van der Waals surface area contributed by atoms with E-state index in [1.54, 1.807) is 43.3 Å². The highest BCUT2D eigenvalue weighted by atomic mass is 32.2. The third-order valence-corrected chi connectivity index (χ3v) is 6.42. The Kier molecular flexibility index (Phi) is 7.49. The number of hydrogen-bond acceptors (Lipinski definition) is 6. The lowest BCUT2D eigenvalue weighted by Gasteiger charge is -2.14. The highest BCUT2D eigenvalue weighted by Gasteiger charge is 2.20. The number of ether oxygens (including phenoxy) is 1. The minimum atomic E-state index is -3.96. The number of benzene rings is 2. The fourth-order valence-electron chi connectivity index (χ4n) is 3.13. The number of aryl methyl sites for hydroxylation is 2. The van der Waals surface area contributed by atoms with Crippen LogP contribution in [0.5, 0.6) is 5.75 Å². The van der Waals surface area contributed by atoms with E-state index in [0.717, 1.165) is 12.8 Å². The van der Waals surface area contributed by atoms with Gasteiger partial charge in [-0.15, -0.1) is 0 Å². The Hall–Kier alpha value is -3.66. The van der Waals surface area contributed by atoms with Gasteiger partial charge in [0.25, 0.3) is 21.5 Å². The number of nitrogens with one attached hydrogen (secondary N) is 2. The molecule has 0 radical (unpaired) electrons. The number of sulfonamides is 1. The molecule has 0 fully saturated rings. The van der Waals surface area contributed by atoms with Crippen molar-refractivity contribution < 1.29 is 17.9 Å². The van der Waals surface area contributed by atoms with Gasteiger partial charge in [-0.3, -0.25) is 14.3 Å². The molecule has 1 aromatic heterocycles. The lowest BCUT2D eigenvalue weighted by Crippen LogP contribution is -2.26. The number of anilines is 2. The van der Waals surface area contributed by atoms with E-state index in [2.05, 4.69) is 15.1 Å². The number of nitrogens with zero attached hydrogens (tertiary/aromatic N) is 2. The molecule has 0 unspecified atom stereocenters. The molecule has 0 aliphatic carbocycles. The van der Waals surface area contributed by atoms with E-state index in [4.69, 9.17) is 4.74 Å². The maximum Gasteiger partial charge on any atom is 0.276 e. The number of para-hydroxylation sites is 2. The smallest absolute Gasteiger partial charge is 0.276 e. The zero-order chi connectivity index (χ0) is 24.0. The average Bonchev–Trinajstić information content (AvgIpc) is 2.79. The van der Waals surface area contributed by atoms with Gasteiger partial charge < -0.3 is 10.1 Å². The summed E-state index contributed by atoms with van der Waals surface area (Å²) in [6, 6.07) is 13.9. The van der Waals surface area contributed by atoms with Crippen molar-refractivity contribution in [2.75, 3.05) is 17.1 Å². The summed E-state index contributed by atoms with van der Waals surface area (Å²) in [6.07, 6.45) is 1.64. The first-order valence-corrected chi connectivity index (χ1v) is 11.9. The van der Waals surface area contributed by atoms with Crippen molar-refractivity contribution in [3.63, 3.8) is 0 Å². The first-order valence-electron chi connectivity index (χ1n) is 10.4. The minimum absolute atomic E-state index is 0.00656. The van der Waals surface area contributed by atoms with Crippen LogP contribution in [0.15, 0.2) is 64.3 Å². The molecule has 174 valence electrons. The highest BCUT2D eigenvalue weighted by molar-refractivity contribution is 7.92. The number of carbonyl (C=O) groups excluding carboxylic acids is 1. The number of carbonyl (C=O) groups is 1. The van der Waals surface area contributed by atoms with Gasteiger partial charge in [0.2, 0.25) is 0 Å². The van der Waals surface area contributed by atoms with Crippen molar-refractivity contribution in [1.82, 2.24) is 9.78 Å². The quantitative estimate of drug-likeness (QED) is 0.495. The van der Waals surface area contributed by atoms with Gasteiger partial charge in [0.1, 0.15) is 11.4 Å². The van der Waals surface area contributed by atoms with Crippen molar-refractivity contribution >= 4 is 27.3 Å². The lowest BCUT2D eigenvalue weighted by molar-refractivity contribution is 0.101. The summed E-state index contributed by atoms with van der Waals surface area (Å²) >= 11 is 0. The first-order chi connectivity index (χ1) is 15.7. The normalized spacial score (nSPS) is 11.1. The van der Waals surface area contributed by atoms with Crippen LogP contribution in [0.2, 0.25) is 0 Å². The molecule has 3 rings (SSSR count). The van der Waals surface area contributed by atoms with Crippen molar-refractivity contribution in [3.05, 3.63) is 76.2 Å². The molecule has 0 bridgehead atoms. The van der Waals surface area contributed by atoms with Crippen molar-refractivity contribution in [1.29, 1.82) is 0 Å². The van der Waals surface area contributed by atoms with Crippen LogP contribution in [-0.2, 0) is 16.6 Å². The Bertz CT molecular complexity index is 1320. The van der Waals surface area contributed by atoms with Crippen LogP contribution in [0, 0.1) is 6.92 Å². The topological polar surface area (TPSA) is 119 Å². The van der Waals surface area contributed by atoms with Gasteiger partial charge in [-0.1, -0.05) is 31.5 Å². The monoisotopic (exact) mass is 470 g/mol. The maximum atomic E-state index is 13.1. The van der Waals surface area contributed by atoms with Crippen LogP contribution in [-0.4, -0.2) is 31.2 Å². The van der Waals surface area contributed by atoms with E-state index < -0.39 is 15.9 Å². The predicted octanol–water partition coefficient (Wildman–Crippen LogP) is 3.41. The molecule has 0 spiro atoms. The third kappa shape index (κ3) is 5.78. The fraction of sp³-hybridized carbons (Fsp3) is 0.261. The SMILES string of the molecule is CCCCn1nc(C(=O)Nc2ccc(C)c(S(=O)(=O)Nc3ccccc3OC)c2)ccc1=O. The van der Waals surface area contributed by atoms with E-state index >= 15 is 0 Å². The van der Waals surface area contributed by atoms with E-state index in [1.165, 1.54) is 30.0 Å². The Morgan fingerprint density at radius 1 is 1.12 bits per heavy atom. The number of rotatable bonds is 9. The standard InChI is InChI=1S/C23H26N4O5S/c1-4-5-14-27-22(28)13-12-19(25-27)23(29)24-17-11-10-16(2)21(15-17)33(30,31)26-18-8-6-7-9-20(18)32-3/h6-13,15,26H,4-5,14H2,1-3H3,(H,24,29). The molecule has 3 aromatic rings. The summed E-state index contributed by atoms with van der Waals surface area (Å²) in [5.41, 5.74) is 0.849. The molecule has 1 amide bonds. The third-order valence-electron chi connectivity index (χ3n) is 4.91. The Balaban J connectivity index is 1.86. The van der Waals surface area contributed by atoms with Crippen LogP contribution in [0.4, 0.5) is 11.4 Å². The molecule has 2 N–H and O–H groups in total. The summed E-state index contributed by atoms with van der Waals surface area (Å²) in [4.78, 5) is 24.6. The maximum absolute atomic E-state index is 13.1. The number of amides is 1. The number of unbranched alkanes of at least 4 members (excludes halogenated alkanes) is 1. The number of hydrogen-bond donors (Lipinski definition) is 2. The van der Waals surface area contributed by atoms with Gasteiger partial charge in [-0.2, -0.15) is 5.10 Å². The molecule has 1 heterocycles. The summed E-state index contributed by atoms with van der Waals surface area (Å²) in [7, 11) is -2.51. The number of methoxy groups -OCH3 is 1. The lowest BCUT2D eigenvalue weighted by atomic mass is 10.2. The summed E-state index contributed by atoms with van der Waals surface area (Å²) in [5, 5.41) is 6.77. The van der Waals surface area contributed by atoms with Gasteiger partial charge in [-0.25, -0.2) is 13.1 Å². The second-order valence-electron chi connectivity index (χ2n) is 7.37. The molecule has 0 atom stereocenters. The van der Waals surface area contributed by atoms with Crippen LogP contribution in [0.3, 0.4) is 0 Å². The Morgan fingerprint density at radius 2 is 1.88 bits per heavy atom. The molecule has 10 heteroatoms. The molecule has 0 aliphatic rings. The van der Waals surface area contributed by atoms with Crippen molar-refractivity contribution in [2.24, 2.45) is 0 Å². The zero-order valence-corrected chi connectivity index (χ0v) is 19.5. The molecule has 33 heavy (non-hydrogen) atoms. The molecular weight excluding hydrogens is 444 g/mol. The van der Waals surface area contributed by atoms with Crippen molar-refractivity contribution in [3.8, 4) is 5.75 Å². The van der Waals surface area contributed by atoms with E-state index in [0.29, 0.717) is 23.5 Å². The minimum Gasteiger partial charge on any atom is -0.495 e. The summed E-state index contributed by atoms with van der Waals surface area (Å²) < 4.78 is 35.1. The Labute approximate surface area is 192 Å². The Morgan fingerprint density at radius 3 is 2.61 bits per heavy atom. The molecule has 0 saturated heterocycles. The van der Waals surface area contributed by atoms with E-state index in [1.807, 2.05) is 6.92 Å². The molecule has 9 nitrogen and oxygen atoms in total. The molecule has 0 aliphatic heterocycles. The molecule has 2 aromatic carbocycles. The van der Waals surface area contributed by atoms with Crippen LogP contribution in [0.1, 0.15) is 35.8 Å². The van der Waals surface area contributed by atoms with E-state index in [9.17, 15) is 18.0 Å². The van der Waals surface area contributed by atoms with Gasteiger partial charge in [0.15, 0.2) is 0 Å². The number of aromatic nitrogens is 2. The average molecular weight is 471 g/mol. The molecule has 0 saturated carbocycles. The van der Waals surface area contributed by atoms with Gasteiger partial charge >= 0.3 is 0 Å². The highest BCUT2D eigenvalue weighted by Crippen LogP contribution is 2.28. The zero-order valence-electron chi connectivity index (χ0n) is 18.7. The van der Waals surface area contributed by atoms with Crippen molar-refractivity contribution in [2.45, 2.75) is 38.1 Å². The largest absolute Gasteiger partial charge is 0.495 e. The summed E-state index contributed by atoms with van der Waals surface area (Å²) in [6.45, 7) is 4.07. The second kappa shape index (κ2) is 10.3. The van der Waals surface area contributed by atoms with Crippen LogP contribution < -0.4 is 20.3 Å².